The van der Waals surface area contributed by atoms with Crippen LogP contribution in [0.2, 0.25) is 0 Å². The van der Waals surface area contributed by atoms with Crippen molar-refractivity contribution in [2.24, 2.45) is 5.73 Å². The second-order valence-corrected chi connectivity index (χ2v) is 4.34. The SMILES string of the molecule is C=CCNCc1cc(Br)ccc1OCC(N)=O. The number of carbonyl (C=O) groups excluding carboxylic acids is 1. The number of hydrogen-bond acceptors (Lipinski definition) is 3. The number of amides is 1. The third-order valence-electron chi connectivity index (χ3n) is 2.00. The van der Waals surface area contributed by atoms with E-state index in [0.29, 0.717) is 18.8 Å². The van der Waals surface area contributed by atoms with E-state index in [4.69, 9.17) is 10.5 Å². The maximum absolute atomic E-state index is 10.7. The molecule has 0 fully saturated rings. The van der Waals surface area contributed by atoms with Crippen LogP contribution in [0.25, 0.3) is 0 Å². The maximum Gasteiger partial charge on any atom is 0.255 e. The molecule has 5 heteroatoms. The van der Waals surface area contributed by atoms with Crippen molar-refractivity contribution in [1.29, 1.82) is 0 Å². The van der Waals surface area contributed by atoms with Crippen LogP contribution in [0.4, 0.5) is 0 Å². The summed E-state index contributed by atoms with van der Waals surface area (Å²) in [4.78, 5) is 10.7. The van der Waals surface area contributed by atoms with Crippen molar-refractivity contribution in [3.05, 3.63) is 40.9 Å². The molecule has 0 saturated carbocycles. The number of nitrogens with one attached hydrogen (secondary N) is 1. The van der Waals surface area contributed by atoms with Gasteiger partial charge in [-0.05, 0) is 18.2 Å². The summed E-state index contributed by atoms with van der Waals surface area (Å²) in [6.45, 7) is 4.86. The summed E-state index contributed by atoms with van der Waals surface area (Å²) < 4.78 is 6.28. The molecule has 1 rings (SSSR count). The van der Waals surface area contributed by atoms with Crippen LogP contribution in [0.15, 0.2) is 35.3 Å². The first-order chi connectivity index (χ1) is 8.13. The van der Waals surface area contributed by atoms with E-state index >= 15 is 0 Å². The summed E-state index contributed by atoms with van der Waals surface area (Å²) in [5.41, 5.74) is 6.00. The van der Waals surface area contributed by atoms with Crippen molar-refractivity contribution in [2.45, 2.75) is 6.54 Å². The number of benzene rings is 1. The molecule has 92 valence electrons. The second kappa shape index (κ2) is 7.09. The predicted molar refractivity (Wildman–Crippen MR) is 70.7 cm³/mol. The Balaban J connectivity index is 2.72. The van der Waals surface area contributed by atoms with E-state index in [1.807, 2.05) is 12.1 Å². The molecule has 0 bridgehead atoms. The van der Waals surface area contributed by atoms with E-state index in [1.54, 1.807) is 12.1 Å². The smallest absolute Gasteiger partial charge is 0.255 e. The van der Waals surface area contributed by atoms with Crippen molar-refractivity contribution in [3.8, 4) is 5.75 Å². The third-order valence-corrected chi connectivity index (χ3v) is 2.49. The molecule has 1 aromatic rings. The van der Waals surface area contributed by atoms with Gasteiger partial charge in [0.2, 0.25) is 0 Å². The van der Waals surface area contributed by atoms with Gasteiger partial charge in [-0.2, -0.15) is 0 Å². The van der Waals surface area contributed by atoms with Gasteiger partial charge >= 0.3 is 0 Å². The Morgan fingerprint density at radius 2 is 2.35 bits per heavy atom. The van der Waals surface area contributed by atoms with Crippen LogP contribution in [0.3, 0.4) is 0 Å². The monoisotopic (exact) mass is 298 g/mol. The molecule has 4 nitrogen and oxygen atoms in total. The molecule has 0 heterocycles. The summed E-state index contributed by atoms with van der Waals surface area (Å²) in [6, 6.07) is 5.59. The Hall–Kier alpha value is -1.33. The van der Waals surface area contributed by atoms with Crippen molar-refractivity contribution >= 4 is 21.8 Å². The molecule has 0 saturated heterocycles. The van der Waals surface area contributed by atoms with Crippen LogP contribution in [0.1, 0.15) is 5.56 Å². The number of halogens is 1. The summed E-state index contributed by atoms with van der Waals surface area (Å²) in [6.07, 6.45) is 1.78. The fourth-order valence-electron chi connectivity index (χ4n) is 1.28. The first-order valence-corrected chi connectivity index (χ1v) is 5.94. The highest BCUT2D eigenvalue weighted by Gasteiger charge is 2.05. The highest BCUT2D eigenvalue weighted by molar-refractivity contribution is 9.10. The van der Waals surface area contributed by atoms with E-state index in [-0.39, 0.29) is 6.61 Å². The molecule has 0 unspecified atom stereocenters. The highest BCUT2D eigenvalue weighted by Crippen LogP contribution is 2.23. The van der Waals surface area contributed by atoms with Gasteiger partial charge in [-0.15, -0.1) is 6.58 Å². The quantitative estimate of drug-likeness (QED) is 0.593. The maximum atomic E-state index is 10.7. The van der Waals surface area contributed by atoms with Gasteiger partial charge in [0, 0.05) is 23.1 Å². The zero-order valence-corrected chi connectivity index (χ0v) is 11.0. The zero-order valence-electron chi connectivity index (χ0n) is 9.41. The fraction of sp³-hybridized carbons (Fsp3) is 0.250. The van der Waals surface area contributed by atoms with Crippen LogP contribution in [-0.2, 0) is 11.3 Å². The molecule has 1 aromatic carbocycles. The van der Waals surface area contributed by atoms with Crippen LogP contribution < -0.4 is 15.8 Å². The molecule has 0 aliphatic heterocycles. The minimum atomic E-state index is -0.488. The molecule has 1 amide bonds. The molecule has 0 aliphatic rings. The second-order valence-electron chi connectivity index (χ2n) is 3.43. The first-order valence-electron chi connectivity index (χ1n) is 5.14. The van der Waals surface area contributed by atoms with Crippen molar-refractivity contribution in [2.75, 3.05) is 13.2 Å². The van der Waals surface area contributed by atoms with E-state index in [2.05, 4.69) is 27.8 Å². The average molecular weight is 299 g/mol. The van der Waals surface area contributed by atoms with E-state index in [1.165, 1.54) is 0 Å². The van der Waals surface area contributed by atoms with Crippen molar-refractivity contribution < 1.29 is 9.53 Å². The third kappa shape index (κ3) is 5.01. The molecule has 0 aliphatic carbocycles. The van der Waals surface area contributed by atoms with Crippen molar-refractivity contribution in [3.63, 3.8) is 0 Å². The normalized spacial score (nSPS) is 9.94. The molecule has 0 atom stereocenters. The lowest BCUT2D eigenvalue weighted by Gasteiger charge is -2.11. The topological polar surface area (TPSA) is 64.3 Å². The molecule has 0 spiro atoms. The highest BCUT2D eigenvalue weighted by atomic mass is 79.9. The number of ether oxygens (including phenoxy) is 1. The fourth-order valence-corrected chi connectivity index (χ4v) is 1.69. The van der Waals surface area contributed by atoms with Gasteiger partial charge in [0.1, 0.15) is 5.75 Å². The molecular formula is C12H15BrN2O2. The molecule has 0 radical (unpaired) electrons. The van der Waals surface area contributed by atoms with Gasteiger partial charge in [0.05, 0.1) is 0 Å². The van der Waals surface area contributed by atoms with Crippen molar-refractivity contribution in [1.82, 2.24) is 5.32 Å². The minimum absolute atomic E-state index is 0.115. The number of carbonyl (C=O) groups is 1. The van der Waals surface area contributed by atoms with Gasteiger partial charge in [-0.25, -0.2) is 0 Å². The summed E-state index contributed by atoms with van der Waals surface area (Å²) in [5.74, 6) is 0.168. The lowest BCUT2D eigenvalue weighted by atomic mass is 10.2. The van der Waals surface area contributed by atoms with Crippen LogP contribution >= 0.6 is 15.9 Å². The standard InChI is InChI=1S/C12H15BrN2O2/c1-2-5-15-7-9-6-10(13)3-4-11(9)17-8-12(14)16/h2-4,6,15H,1,5,7-8H2,(H2,14,16). The van der Waals surface area contributed by atoms with Gasteiger partial charge in [-0.1, -0.05) is 22.0 Å². The zero-order chi connectivity index (χ0) is 12.7. The lowest BCUT2D eigenvalue weighted by molar-refractivity contribution is -0.119. The van der Waals surface area contributed by atoms with Gasteiger partial charge in [0.15, 0.2) is 6.61 Å². The lowest BCUT2D eigenvalue weighted by Crippen LogP contribution is -2.21. The Labute approximate surface area is 109 Å². The van der Waals surface area contributed by atoms with Crippen LogP contribution in [-0.4, -0.2) is 19.1 Å². The Morgan fingerprint density at radius 3 is 3.00 bits per heavy atom. The largest absolute Gasteiger partial charge is 0.483 e. The van der Waals surface area contributed by atoms with E-state index < -0.39 is 5.91 Å². The number of primary amides is 1. The Bertz CT molecular complexity index is 407. The first kappa shape index (κ1) is 13.7. The molecule has 0 aromatic heterocycles. The molecular weight excluding hydrogens is 284 g/mol. The minimum Gasteiger partial charge on any atom is -0.483 e. The van der Waals surface area contributed by atoms with Gasteiger partial charge in [-0.3, -0.25) is 4.79 Å². The van der Waals surface area contributed by atoms with E-state index in [0.717, 1.165) is 10.0 Å². The Kier molecular flexibility index (Phi) is 5.72. The molecule has 3 N–H and O–H groups in total. The average Bonchev–Trinajstić information content (AvgIpc) is 2.28. The summed E-state index contributed by atoms with van der Waals surface area (Å²) in [5, 5.41) is 3.17. The number of rotatable bonds is 7. The molecule has 17 heavy (non-hydrogen) atoms. The summed E-state index contributed by atoms with van der Waals surface area (Å²) in [7, 11) is 0. The van der Waals surface area contributed by atoms with Crippen LogP contribution in [0.5, 0.6) is 5.75 Å². The summed E-state index contributed by atoms with van der Waals surface area (Å²) >= 11 is 3.39. The van der Waals surface area contributed by atoms with Crippen LogP contribution in [0, 0.1) is 0 Å². The Morgan fingerprint density at radius 1 is 1.59 bits per heavy atom. The number of nitrogens with two attached hydrogens (primary N) is 1. The van der Waals surface area contributed by atoms with Gasteiger partial charge < -0.3 is 15.8 Å². The predicted octanol–water partition coefficient (Wildman–Crippen LogP) is 1.59. The van der Waals surface area contributed by atoms with E-state index in [9.17, 15) is 4.79 Å². The number of hydrogen-bond donors (Lipinski definition) is 2. The van der Waals surface area contributed by atoms with Gasteiger partial charge in [0.25, 0.3) is 5.91 Å².